The summed E-state index contributed by atoms with van der Waals surface area (Å²) in [5, 5.41) is 3.23. The van der Waals surface area contributed by atoms with Gasteiger partial charge in [0.2, 0.25) is 0 Å². The topological polar surface area (TPSA) is 34.2 Å². The van der Waals surface area contributed by atoms with Gasteiger partial charge in [-0.15, -0.1) is 0 Å². The number of para-hydroxylation sites is 1. The molecule has 0 aliphatic carbocycles. The van der Waals surface area contributed by atoms with Crippen LogP contribution in [-0.4, -0.2) is 11.5 Å². The Labute approximate surface area is 112 Å². The van der Waals surface area contributed by atoms with E-state index in [0.717, 1.165) is 24.3 Å². The van der Waals surface area contributed by atoms with Crippen molar-refractivity contribution in [2.75, 3.05) is 11.9 Å². The van der Waals surface area contributed by atoms with Crippen molar-refractivity contribution in [3.05, 3.63) is 54.0 Å². The molecule has 0 aliphatic rings. The molecular weight excluding hydrogens is 243 g/mol. The zero-order chi connectivity index (χ0) is 13.5. The van der Waals surface area contributed by atoms with E-state index in [4.69, 9.17) is 4.74 Å². The number of pyridine rings is 1. The fraction of sp³-hybridized carbons (Fsp3) is 0.267. The molecule has 100 valence electrons. The summed E-state index contributed by atoms with van der Waals surface area (Å²) in [4.78, 5) is 4.27. The molecule has 1 aromatic carbocycles. The van der Waals surface area contributed by atoms with E-state index in [9.17, 15) is 4.39 Å². The number of anilines is 1. The summed E-state index contributed by atoms with van der Waals surface area (Å²) in [6.07, 6.45) is 2.74. The van der Waals surface area contributed by atoms with Crippen molar-refractivity contribution in [2.45, 2.75) is 20.0 Å². The molecule has 2 aromatic rings. The van der Waals surface area contributed by atoms with Crippen molar-refractivity contribution in [3.63, 3.8) is 0 Å². The van der Waals surface area contributed by atoms with Gasteiger partial charge in [0.1, 0.15) is 12.4 Å². The normalized spacial score (nSPS) is 10.2. The maximum absolute atomic E-state index is 13.4. The second-order valence-corrected chi connectivity index (χ2v) is 4.16. The van der Waals surface area contributed by atoms with Crippen LogP contribution in [0.3, 0.4) is 0 Å². The summed E-state index contributed by atoms with van der Waals surface area (Å²) in [6.45, 7) is 3.23. The van der Waals surface area contributed by atoms with Gasteiger partial charge in [-0.1, -0.05) is 25.1 Å². The van der Waals surface area contributed by atoms with E-state index < -0.39 is 0 Å². The largest absolute Gasteiger partial charge is 0.486 e. The number of aromatic nitrogens is 1. The van der Waals surface area contributed by atoms with Crippen LogP contribution in [0.25, 0.3) is 0 Å². The van der Waals surface area contributed by atoms with Crippen LogP contribution in [0.4, 0.5) is 10.2 Å². The van der Waals surface area contributed by atoms with Gasteiger partial charge in [0.05, 0.1) is 0 Å². The molecule has 3 nitrogen and oxygen atoms in total. The molecule has 0 spiro atoms. The molecule has 1 aromatic heterocycles. The average Bonchev–Trinajstić information content (AvgIpc) is 2.45. The third-order valence-electron chi connectivity index (χ3n) is 2.65. The first-order valence-corrected chi connectivity index (χ1v) is 6.36. The second-order valence-electron chi connectivity index (χ2n) is 4.16. The van der Waals surface area contributed by atoms with Gasteiger partial charge < -0.3 is 10.1 Å². The van der Waals surface area contributed by atoms with Crippen LogP contribution in [0, 0.1) is 5.82 Å². The SMILES string of the molecule is CCCNc1ncccc1COc1ccccc1F. The molecule has 0 amide bonds. The highest BCUT2D eigenvalue weighted by molar-refractivity contribution is 5.43. The zero-order valence-corrected chi connectivity index (χ0v) is 10.9. The Morgan fingerprint density at radius 2 is 2.05 bits per heavy atom. The van der Waals surface area contributed by atoms with Gasteiger partial charge in [0, 0.05) is 18.3 Å². The number of nitrogens with one attached hydrogen (secondary N) is 1. The lowest BCUT2D eigenvalue weighted by Gasteiger charge is -2.11. The smallest absolute Gasteiger partial charge is 0.165 e. The molecule has 0 bridgehead atoms. The van der Waals surface area contributed by atoms with Gasteiger partial charge in [-0.25, -0.2) is 9.37 Å². The Hall–Kier alpha value is -2.10. The number of ether oxygens (including phenoxy) is 1. The highest BCUT2D eigenvalue weighted by atomic mass is 19.1. The van der Waals surface area contributed by atoms with E-state index in [-0.39, 0.29) is 11.6 Å². The minimum atomic E-state index is -0.352. The van der Waals surface area contributed by atoms with E-state index in [0.29, 0.717) is 6.61 Å². The Morgan fingerprint density at radius 3 is 2.84 bits per heavy atom. The third-order valence-corrected chi connectivity index (χ3v) is 2.65. The number of nitrogens with zero attached hydrogens (tertiary/aromatic N) is 1. The van der Waals surface area contributed by atoms with Gasteiger partial charge >= 0.3 is 0 Å². The van der Waals surface area contributed by atoms with Crippen molar-refractivity contribution < 1.29 is 9.13 Å². The molecular formula is C15H17FN2O. The Morgan fingerprint density at radius 1 is 1.21 bits per heavy atom. The van der Waals surface area contributed by atoms with Gasteiger partial charge in [-0.05, 0) is 24.6 Å². The van der Waals surface area contributed by atoms with Crippen molar-refractivity contribution >= 4 is 5.82 Å². The molecule has 0 atom stereocenters. The number of halogens is 1. The summed E-state index contributed by atoms with van der Waals surface area (Å²) < 4.78 is 18.9. The number of hydrogen-bond donors (Lipinski definition) is 1. The third kappa shape index (κ3) is 3.68. The van der Waals surface area contributed by atoms with Crippen molar-refractivity contribution in [2.24, 2.45) is 0 Å². The molecule has 4 heteroatoms. The Bertz CT molecular complexity index is 531. The Kier molecular flexibility index (Phi) is 4.72. The first-order valence-electron chi connectivity index (χ1n) is 6.36. The minimum absolute atomic E-state index is 0.257. The lowest BCUT2D eigenvalue weighted by Crippen LogP contribution is -2.07. The van der Waals surface area contributed by atoms with E-state index in [2.05, 4.69) is 17.2 Å². The maximum Gasteiger partial charge on any atom is 0.165 e. The summed E-state index contributed by atoms with van der Waals surface area (Å²) in [6, 6.07) is 10.2. The van der Waals surface area contributed by atoms with Crippen LogP contribution in [0.5, 0.6) is 5.75 Å². The van der Waals surface area contributed by atoms with Crippen LogP contribution < -0.4 is 10.1 Å². The lowest BCUT2D eigenvalue weighted by molar-refractivity contribution is 0.290. The average molecular weight is 260 g/mol. The van der Waals surface area contributed by atoms with Crippen molar-refractivity contribution in [1.82, 2.24) is 4.98 Å². The monoisotopic (exact) mass is 260 g/mol. The molecule has 19 heavy (non-hydrogen) atoms. The quantitative estimate of drug-likeness (QED) is 0.861. The maximum atomic E-state index is 13.4. The van der Waals surface area contributed by atoms with E-state index >= 15 is 0 Å². The van der Waals surface area contributed by atoms with Gasteiger partial charge in [-0.2, -0.15) is 0 Å². The van der Waals surface area contributed by atoms with E-state index in [1.807, 2.05) is 12.1 Å². The minimum Gasteiger partial charge on any atom is -0.486 e. The highest BCUT2D eigenvalue weighted by Gasteiger charge is 2.06. The molecule has 2 rings (SSSR count). The van der Waals surface area contributed by atoms with Gasteiger partial charge in [0.15, 0.2) is 11.6 Å². The standard InChI is InChI=1S/C15H17FN2O/c1-2-9-17-15-12(6-5-10-18-15)11-19-14-8-4-3-7-13(14)16/h3-8,10H,2,9,11H2,1H3,(H,17,18). The lowest BCUT2D eigenvalue weighted by atomic mass is 10.2. The van der Waals surface area contributed by atoms with E-state index in [1.54, 1.807) is 24.4 Å². The van der Waals surface area contributed by atoms with Crippen LogP contribution in [-0.2, 0) is 6.61 Å². The number of rotatable bonds is 6. The molecule has 0 radical (unpaired) electrons. The summed E-state index contributed by atoms with van der Waals surface area (Å²) >= 11 is 0. The second kappa shape index (κ2) is 6.73. The predicted octanol–water partition coefficient (Wildman–Crippen LogP) is 3.62. The van der Waals surface area contributed by atoms with Crippen LogP contribution in [0.1, 0.15) is 18.9 Å². The molecule has 0 saturated carbocycles. The van der Waals surface area contributed by atoms with E-state index in [1.165, 1.54) is 6.07 Å². The van der Waals surface area contributed by atoms with Gasteiger partial charge in [-0.3, -0.25) is 0 Å². The molecule has 0 saturated heterocycles. The first kappa shape index (κ1) is 13.3. The van der Waals surface area contributed by atoms with Crippen LogP contribution >= 0.6 is 0 Å². The fourth-order valence-electron chi connectivity index (χ4n) is 1.67. The number of benzene rings is 1. The molecule has 1 N–H and O–H groups in total. The summed E-state index contributed by atoms with van der Waals surface area (Å²) in [5.74, 6) is 0.697. The number of hydrogen-bond acceptors (Lipinski definition) is 3. The van der Waals surface area contributed by atoms with Crippen molar-refractivity contribution in [3.8, 4) is 5.75 Å². The first-order chi connectivity index (χ1) is 9.31. The van der Waals surface area contributed by atoms with Crippen LogP contribution in [0.15, 0.2) is 42.6 Å². The van der Waals surface area contributed by atoms with Crippen molar-refractivity contribution in [1.29, 1.82) is 0 Å². The zero-order valence-electron chi connectivity index (χ0n) is 10.9. The molecule has 0 fully saturated rings. The fourth-order valence-corrected chi connectivity index (χ4v) is 1.67. The predicted molar refractivity (Wildman–Crippen MR) is 73.7 cm³/mol. The summed E-state index contributed by atoms with van der Waals surface area (Å²) in [7, 11) is 0. The summed E-state index contributed by atoms with van der Waals surface area (Å²) in [5.41, 5.74) is 0.916. The molecule has 1 heterocycles. The molecule has 0 aliphatic heterocycles. The molecule has 0 unspecified atom stereocenters. The Balaban J connectivity index is 2.05. The highest BCUT2D eigenvalue weighted by Crippen LogP contribution is 2.19. The van der Waals surface area contributed by atoms with Crippen LogP contribution in [0.2, 0.25) is 0 Å². The van der Waals surface area contributed by atoms with Gasteiger partial charge in [0.25, 0.3) is 0 Å².